The minimum atomic E-state index is -1.37. The Kier molecular flexibility index (Phi) is 5.43. The maximum Gasteiger partial charge on any atom is 0.326 e. The second kappa shape index (κ2) is 6.83. The summed E-state index contributed by atoms with van der Waals surface area (Å²) in [4.78, 5) is 37.7. The van der Waals surface area contributed by atoms with Crippen LogP contribution in [-0.2, 0) is 14.3 Å². The normalized spacial score (nSPS) is 11.5. The molecule has 2 N–H and O–H groups in total. The fourth-order valence-corrected chi connectivity index (χ4v) is 1.66. The Morgan fingerprint density at radius 3 is 2.74 bits per heavy atom. The quantitative estimate of drug-likeness (QED) is 0.765. The number of aromatic nitrogens is 1. The van der Waals surface area contributed by atoms with E-state index in [0.29, 0.717) is 4.47 Å². The first-order valence-electron chi connectivity index (χ1n) is 5.16. The Labute approximate surface area is 117 Å². The highest BCUT2D eigenvalue weighted by molar-refractivity contribution is 9.10. The number of amides is 1. The molecule has 1 rings (SSSR count). The summed E-state index contributed by atoms with van der Waals surface area (Å²) in [5.74, 6) is -2.75. The predicted octanol–water partition coefficient (Wildman–Crippen LogP) is 0.590. The van der Waals surface area contributed by atoms with Crippen LogP contribution in [0.4, 0.5) is 0 Å². The second-order valence-electron chi connectivity index (χ2n) is 3.48. The SMILES string of the molecule is COC(=O)C[C@H](NC(=O)c1ncccc1Br)C(=O)O. The van der Waals surface area contributed by atoms with Gasteiger partial charge in [-0.15, -0.1) is 0 Å². The summed E-state index contributed by atoms with van der Waals surface area (Å²) in [5.41, 5.74) is 0.0404. The van der Waals surface area contributed by atoms with Gasteiger partial charge in [-0.25, -0.2) is 9.78 Å². The number of pyridine rings is 1. The second-order valence-corrected chi connectivity index (χ2v) is 4.33. The molecule has 0 spiro atoms. The molecule has 0 bridgehead atoms. The number of carboxylic acid groups (broad SMARTS) is 1. The van der Waals surface area contributed by atoms with Gasteiger partial charge < -0.3 is 15.2 Å². The van der Waals surface area contributed by atoms with Crippen molar-refractivity contribution in [2.24, 2.45) is 0 Å². The first kappa shape index (κ1) is 15.1. The predicted molar refractivity (Wildman–Crippen MR) is 67.5 cm³/mol. The number of nitrogens with one attached hydrogen (secondary N) is 1. The Morgan fingerprint density at radius 2 is 2.21 bits per heavy atom. The van der Waals surface area contributed by atoms with Crippen molar-refractivity contribution in [2.45, 2.75) is 12.5 Å². The summed E-state index contributed by atoms with van der Waals surface area (Å²) in [6.45, 7) is 0. The molecular weight excluding hydrogens is 320 g/mol. The molecule has 0 saturated heterocycles. The zero-order valence-corrected chi connectivity index (χ0v) is 11.5. The average molecular weight is 331 g/mol. The van der Waals surface area contributed by atoms with Crippen molar-refractivity contribution < 1.29 is 24.2 Å². The Balaban J connectivity index is 2.80. The molecule has 0 fully saturated rings. The van der Waals surface area contributed by atoms with Crippen molar-refractivity contribution in [2.75, 3.05) is 7.11 Å². The molecule has 1 aromatic heterocycles. The highest BCUT2D eigenvalue weighted by Crippen LogP contribution is 2.13. The number of aliphatic carboxylic acids is 1. The summed E-state index contributed by atoms with van der Waals surface area (Å²) in [7, 11) is 1.14. The van der Waals surface area contributed by atoms with Crippen molar-refractivity contribution in [3.8, 4) is 0 Å². The molecule has 19 heavy (non-hydrogen) atoms. The van der Waals surface area contributed by atoms with Gasteiger partial charge in [0.05, 0.1) is 13.5 Å². The number of carbonyl (C=O) groups is 3. The Hall–Kier alpha value is -1.96. The molecule has 1 aromatic rings. The largest absolute Gasteiger partial charge is 0.480 e. The molecular formula is C11H11BrN2O5. The van der Waals surface area contributed by atoms with Gasteiger partial charge in [-0.05, 0) is 28.1 Å². The van der Waals surface area contributed by atoms with Crippen molar-refractivity contribution in [3.05, 3.63) is 28.5 Å². The minimum Gasteiger partial charge on any atom is -0.480 e. The van der Waals surface area contributed by atoms with Gasteiger partial charge in [0.2, 0.25) is 0 Å². The van der Waals surface area contributed by atoms with Crippen LogP contribution in [0.2, 0.25) is 0 Å². The Morgan fingerprint density at radius 1 is 1.53 bits per heavy atom. The maximum absolute atomic E-state index is 11.8. The van der Waals surface area contributed by atoms with Gasteiger partial charge in [0.1, 0.15) is 11.7 Å². The third kappa shape index (κ3) is 4.32. The van der Waals surface area contributed by atoms with E-state index in [1.54, 1.807) is 12.1 Å². The summed E-state index contributed by atoms with van der Waals surface area (Å²) in [6, 6.07) is 1.84. The van der Waals surface area contributed by atoms with E-state index >= 15 is 0 Å². The van der Waals surface area contributed by atoms with Crippen molar-refractivity contribution >= 4 is 33.8 Å². The number of rotatable bonds is 5. The van der Waals surface area contributed by atoms with Crippen LogP contribution in [0.5, 0.6) is 0 Å². The standard InChI is InChI=1S/C11H11BrN2O5/c1-19-8(15)5-7(11(17)18)14-10(16)9-6(12)3-2-4-13-9/h2-4,7H,5H2,1H3,(H,14,16)(H,17,18)/t7-/m0/s1. The molecule has 7 nitrogen and oxygen atoms in total. The van der Waals surface area contributed by atoms with E-state index in [-0.39, 0.29) is 5.69 Å². The molecule has 0 aliphatic rings. The average Bonchev–Trinajstić information content (AvgIpc) is 2.37. The lowest BCUT2D eigenvalue weighted by atomic mass is 10.2. The highest BCUT2D eigenvalue weighted by atomic mass is 79.9. The van der Waals surface area contributed by atoms with Crippen molar-refractivity contribution in [3.63, 3.8) is 0 Å². The van der Waals surface area contributed by atoms with Gasteiger partial charge in [0.25, 0.3) is 5.91 Å². The van der Waals surface area contributed by atoms with Crippen LogP contribution in [0, 0.1) is 0 Å². The van der Waals surface area contributed by atoms with Gasteiger partial charge in [-0.2, -0.15) is 0 Å². The molecule has 0 aromatic carbocycles. The van der Waals surface area contributed by atoms with Crippen LogP contribution in [0.25, 0.3) is 0 Å². The van der Waals surface area contributed by atoms with Crippen LogP contribution in [0.15, 0.2) is 22.8 Å². The molecule has 0 unspecified atom stereocenters. The molecule has 1 atom stereocenters. The molecule has 1 heterocycles. The van der Waals surface area contributed by atoms with Gasteiger partial charge in [-0.1, -0.05) is 0 Å². The van der Waals surface area contributed by atoms with Crippen LogP contribution >= 0.6 is 15.9 Å². The van der Waals surface area contributed by atoms with Gasteiger partial charge in [0, 0.05) is 10.7 Å². The number of carboxylic acids is 1. The lowest BCUT2D eigenvalue weighted by Gasteiger charge is -2.13. The number of halogens is 1. The lowest BCUT2D eigenvalue weighted by Crippen LogP contribution is -2.42. The number of methoxy groups -OCH3 is 1. The first-order chi connectivity index (χ1) is 8.95. The lowest BCUT2D eigenvalue weighted by molar-refractivity contribution is -0.147. The maximum atomic E-state index is 11.8. The summed E-state index contributed by atoms with van der Waals surface area (Å²) in [6.07, 6.45) is 0.942. The summed E-state index contributed by atoms with van der Waals surface area (Å²) < 4.78 is 4.79. The van der Waals surface area contributed by atoms with Gasteiger partial charge in [0.15, 0.2) is 0 Å². The molecule has 0 aliphatic carbocycles. The number of ether oxygens (including phenoxy) is 1. The molecule has 102 valence electrons. The topological polar surface area (TPSA) is 106 Å². The smallest absolute Gasteiger partial charge is 0.326 e. The van der Waals surface area contributed by atoms with Crippen molar-refractivity contribution in [1.82, 2.24) is 10.3 Å². The molecule has 8 heteroatoms. The third-order valence-corrected chi connectivity index (χ3v) is 2.82. The summed E-state index contributed by atoms with van der Waals surface area (Å²) >= 11 is 3.13. The zero-order valence-electron chi connectivity index (χ0n) is 9.92. The van der Waals surface area contributed by atoms with Crippen LogP contribution in [0.1, 0.15) is 16.9 Å². The van der Waals surface area contributed by atoms with Gasteiger partial charge >= 0.3 is 11.9 Å². The zero-order chi connectivity index (χ0) is 14.4. The number of carbonyl (C=O) groups excluding carboxylic acids is 2. The van der Waals surface area contributed by atoms with E-state index in [4.69, 9.17) is 5.11 Å². The fraction of sp³-hybridized carbons (Fsp3) is 0.273. The van der Waals surface area contributed by atoms with E-state index in [1.807, 2.05) is 0 Å². The van der Waals surface area contributed by atoms with Crippen LogP contribution in [0.3, 0.4) is 0 Å². The van der Waals surface area contributed by atoms with E-state index in [1.165, 1.54) is 6.20 Å². The first-order valence-corrected chi connectivity index (χ1v) is 5.96. The Bertz CT molecular complexity index is 506. The molecule has 0 aliphatic heterocycles. The molecule has 1 amide bonds. The third-order valence-electron chi connectivity index (χ3n) is 2.18. The van der Waals surface area contributed by atoms with E-state index in [0.717, 1.165) is 7.11 Å². The minimum absolute atomic E-state index is 0.0404. The molecule has 0 radical (unpaired) electrons. The number of esters is 1. The number of hydrogen-bond acceptors (Lipinski definition) is 5. The molecule has 0 saturated carbocycles. The summed E-state index contributed by atoms with van der Waals surface area (Å²) in [5, 5.41) is 11.1. The number of nitrogens with zero attached hydrogens (tertiary/aromatic N) is 1. The van der Waals surface area contributed by atoms with Crippen molar-refractivity contribution in [1.29, 1.82) is 0 Å². The highest BCUT2D eigenvalue weighted by Gasteiger charge is 2.25. The monoisotopic (exact) mass is 330 g/mol. The van der Waals surface area contributed by atoms with Crippen LogP contribution < -0.4 is 5.32 Å². The van der Waals surface area contributed by atoms with E-state index in [9.17, 15) is 14.4 Å². The van der Waals surface area contributed by atoms with Crippen LogP contribution in [-0.4, -0.2) is 41.1 Å². The van der Waals surface area contributed by atoms with E-state index in [2.05, 4.69) is 31.0 Å². The fourth-order valence-electron chi connectivity index (χ4n) is 1.23. The van der Waals surface area contributed by atoms with E-state index < -0.39 is 30.3 Å². The van der Waals surface area contributed by atoms with Gasteiger partial charge in [-0.3, -0.25) is 9.59 Å². The number of hydrogen-bond donors (Lipinski definition) is 2.